The number of halogens is 1. The number of pyridine rings is 1. The van der Waals surface area contributed by atoms with Crippen molar-refractivity contribution in [3.05, 3.63) is 23.4 Å². The Morgan fingerprint density at radius 2 is 1.81 bits per heavy atom. The fourth-order valence-corrected chi connectivity index (χ4v) is 4.12. The van der Waals surface area contributed by atoms with Crippen LogP contribution in [0.2, 0.25) is 0 Å². The van der Waals surface area contributed by atoms with E-state index in [1.165, 1.54) is 49.8 Å². The maximum atomic E-state index is 6.07. The molecule has 2 fully saturated rings. The van der Waals surface area contributed by atoms with Gasteiger partial charge in [0.1, 0.15) is 5.82 Å². The monoisotopic (exact) mass is 306 g/mol. The molecule has 1 saturated carbocycles. The van der Waals surface area contributed by atoms with Crippen molar-refractivity contribution in [3.63, 3.8) is 0 Å². The summed E-state index contributed by atoms with van der Waals surface area (Å²) in [7, 11) is 0. The third-order valence-corrected chi connectivity index (χ3v) is 5.76. The molecule has 2 nitrogen and oxygen atoms in total. The van der Waals surface area contributed by atoms with Gasteiger partial charge in [0.05, 0.1) is 0 Å². The average Bonchev–Trinajstić information content (AvgIpc) is 2.95. The molecule has 0 aromatic carbocycles. The first-order valence-corrected chi connectivity index (χ1v) is 8.97. The topological polar surface area (TPSA) is 16.1 Å². The van der Waals surface area contributed by atoms with Gasteiger partial charge in [-0.15, -0.1) is 11.6 Å². The van der Waals surface area contributed by atoms with E-state index in [0.29, 0.717) is 17.2 Å². The molecule has 0 bridgehead atoms. The zero-order chi connectivity index (χ0) is 14.9. The SMILES string of the molecule is CC(C)c1cc(CCl)cc(N2CCC3(CCCC3)CC2)n1. The summed E-state index contributed by atoms with van der Waals surface area (Å²) >= 11 is 6.07. The van der Waals surface area contributed by atoms with E-state index in [9.17, 15) is 0 Å². The smallest absolute Gasteiger partial charge is 0.129 e. The normalized spacial score (nSPS) is 21.4. The number of nitrogens with zero attached hydrogens (tertiary/aromatic N) is 2. The predicted molar refractivity (Wildman–Crippen MR) is 90.2 cm³/mol. The van der Waals surface area contributed by atoms with Crippen LogP contribution in [-0.2, 0) is 5.88 Å². The Bertz CT molecular complexity index is 482. The number of hydrogen-bond donors (Lipinski definition) is 0. The highest BCUT2D eigenvalue weighted by Gasteiger charge is 2.37. The van der Waals surface area contributed by atoms with Gasteiger partial charge < -0.3 is 4.90 Å². The molecule has 116 valence electrons. The highest BCUT2D eigenvalue weighted by Crippen LogP contribution is 2.46. The quantitative estimate of drug-likeness (QED) is 0.722. The lowest BCUT2D eigenvalue weighted by atomic mass is 9.77. The molecule has 3 rings (SSSR count). The van der Waals surface area contributed by atoms with Crippen molar-refractivity contribution >= 4 is 17.4 Å². The van der Waals surface area contributed by atoms with E-state index < -0.39 is 0 Å². The number of piperidine rings is 1. The first-order chi connectivity index (χ1) is 10.1. The maximum absolute atomic E-state index is 6.07. The van der Waals surface area contributed by atoms with E-state index >= 15 is 0 Å². The summed E-state index contributed by atoms with van der Waals surface area (Å²) in [6.07, 6.45) is 8.48. The molecule has 2 aliphatic rings. The van der Waals surface area contributed by atoms with Gasteiger partial charge in [-0.25, -0.2) is 4.98 Å². The Kier molecular flexibility index (Phi) is 4.44. The lowest BCUT2D eigenvalue weighted by molar-refractivity contribution is 0.226. The minimum Gasteiger partial charge on any atom is -0.357 e. The van der Waals surface area contributed by atoms with Crippen LogP contribution in [0.3, 0.4) is 0 Å². The minimum atomic E-state index is 0.456. The zero-order valence-electron chi connectivity index (χ0n) is 13.4. The second kappa shape index (κ2) is 6.16. The Morgan fingerprint density at radius 3 is 2.38 bits per heavy atom. The summed E-state index contributed by atoms with van der Waals surface area (Å²) in [6, 6.07) is 4.34. The van der Waals surface area contributed by atoms with E-state index in [0.717, 1.165) is 18.9 Å². The Balaban J connectivity index is 1.76. The van der Waals surface area contributed by atoms with Crippen molar-refractivity contribution in [2.75, 3.05) is 18.0 Å². The van der Waals surface area contributed by atoms with Crippen LogP contribution in [0.15, 0.2) is 12.1 Å². The second-order valence-corrected chi connectivity index (χ2v) is 7.51. The standard InChI is InChI=1S/C18H27ClN2/c1-14(2)16-11-15(13-19)12-17(20-16)21-9-7-18(8-10-21)5-3-4-6-18/h11-12,14H,3-10,13H2,1-2H3. The van der Waals surface area contributed by atoms with Crippen LogP contribution in [0, 0.1) is 5.41 Å². The summed E-state index contributed by atoms with van der Waals surface area (Å²) in [6.45, 7) is 6.73. The lowest BCUT2D eigenvalue weighted by Gasteiger charge is -2.40. The van der Waals surface area contributed by atoms with Crippen LogP contribution >= 0.6 is 11.6 Å². The van der Waals surface area contributed by atoms with E-state index in [4.69, 9.17) is 16.6 Å². The fraction of sp³-hybridized carbons (Fsp3) is 0.722. The predicted octanol–water partition coefficient (Wildman–Crippen LogP) is 5.10. The van der Waals surface area contributed by atoms with Crippen molar-refractivity contribution in [2.24, 2.45) is 5.41 Å². The van der Waals surface area contributed by atoms with Gasteiger partial charge in [-0.2, -0.15) is 0 Å². The molecule has 1 aromatic rings. The number of anilines is 1. The second-order valence-electron chi connectivity index (χ2n) is 7.24. The first kappa shape index (κ1) is 15.1. The molecule has 0 radical (unpaired) electrons. The van der Waals surface area contributed by atoms with E-state index in [1.54, 1.807) is 0 Å². The Morgan fingerprint density at radius 1 is 1.14 bits per heavy atom. The van der Waals surface area contributed by atoms with Gasteiger partial charge >= 0.3 is 0 Å². The van der Waals surface area contributed by atoms with E-state index in [1.807, 2.05) is 0 Å². The molecule has 0 N–H and O–H groups in total. The highest BCUT2D eigenvalue weighted by molar-refractivity contribution is 6.17. The van der Waals surface area contributed by atoms with E-state index in [2.05, 4.69) is 30.9 Å². The zero-order valence-corrected chi connectivity index (χ0v) is 14.1. The highest BCUT2D eigenvalue weighted by atomic mass is 35.5. The van der Waals surface area contributed by atoms with Crippen molar-refractivity contribution in [1.29, 1.82) is 0 Å². The number of alkyl halides is 1. The number of rotatable bonds is 3. The van der Waals surface area contributed by atoms with Gasteiger partial charge in [0.15, 0.2) is 0 Å². The molecule has 0 amide bonds. The van der Waals surface area contributed by atoms with Crippen molar-refractivity contribution in [2.45, 2.75) is 64.2 Å². The van der Waals surface area contributed by atoms with Gasteiger partial charge in [-0.1, -0.05) is 26.7 Å². The number of hydrogen-bond acceptors (Lipinski definition) is 2. The molecule has 3 heteroatoms. The Labute approximate surface area is 133 Å². The van der Waals surface area contributed by atoms with Crippen LogP contribution in [0.1, 0.15) is 69.5 Å². The molecule has 1 spiro atoms. The molecule has 21 heavy (non-hydrogen) atoms. The molecule has 1 aromatic heterocycles. The van der Waals surface area contributed by atoms with Crippen LogP contribution in [0.4, 0.5) is 5.82 Å². The third-order valence-electron chi connectivity index (χ3n) is 5.45. The summed E-state index contributed by atoms with van der Waals surface area (Å²) in [4.78, 5) is 7.36. The fourth-order valence-electron chi connectivity index (χ4n) is 3.96. The Hall–Kier alpha value is -0.760. The lowest BCUT2D eigenvalue weighted by Crippen LogP contribution is -2.39. The van der Waals surface area contributed by atoms with Crippen LogP contribution < -0.4 is 4.90 Å². The molecule has 1 aliphatic carbocycles. The molecule has 2 heterocycles. The number of aromatic nitrogens is 1. The molecule has 0 atom stereocenters. The summed E-state index contributed by atoms with van der Waals surface area (Å²) < 4.78 is 0. The van der Waals surface area contributed by atoms with Crippen molar-refractivity contribution in [1.82, 2.24) is 4.98 Å². The third kappa shape index (κ3) is 3.21. The van der Waals surface area contributed by atoms with E-state index in [-0.39, 0.29) is 0 Å². The maximum Gasteiger partial charge on any atom is 0.129 e. The van der Waals surface area contributed by atoms with Crippen molar-refractivity contribution in [3.8, 4) is 0 Å². The molecule has 1 aliphatic heterocycles. The van der Waals surface area contributed by atoms with Gasteiger partial charge in [0.2, 0.25) is 0 Å². The molecular formula is C18H27ClN2. The molecule has 1 saturated heterocycles. The summed E-state index contributed by atoms with van der Waals surface area (Å²) in [5, 5.41) is 0. The minimum absolute atomic E-state index is 0.456. The van der Waals surface area contributed by atoms with Gasteiger partial charge in [0, 0.05) is 24.7 Å². The summed E-state index contributed by atoms with van der Waals surface area (Å²) in [5.74, 6) is 2.18. The van der Waals surface area contributed by atoms with Crippen LogP contribution in [0.5, 0.6) is 0 Å². The summed E-state index contributed by atoms with van der Waals surface area (Å²) in [5.41, 5.74) is 3.04. The molecule has 0 unspecified atom stereocenters. The van der Waals surface area contributed by atoms with Crippen LogP contribution in [-0.4, -0.2) is 18.1 Å². The average molecular weight is 307 g/mol. The molecular weight excluding hydrogens is 280 g/mol. The van der Waals surface area contributed by atoms with Crippen molar-refractivity contribution < 1.29 is 0 Å². The first-order valence-electron chi connectivity index (χ1n) is 8.44. The van der Waals surface area contributed by atoms with Gasteiger partial charge in [-0.05, 0) is 54.7 Å². The van der Waals surface area contributed by atoms with Crippen LogP contribution in [0.25, 0.3) is 0 Å². The van der Waals surface area contributed by atoms with Gasteiger partial charge in [-0.3, -0.25) is 0 Å². The van der Waals surface area contributed by atoms with Gasteiger partial charge in [0.25, 0.3) is 0 Å². The largest absolute Gasteiger partial charge is 0.357 e.